The highest BCUT2D eigenvalue weighted by atomic mass is 16.3. The van der Waals surface area contributed by atoms with Crippen LogP contribution in [-0.4, -0.2) is 11.2 Å². The zero-order valence-corrected chi connectivity index (χ0v) is 7.77. The van der Waals surface area contributed by atoms with E-state index in [2.05, 4.69) is 6.58 Å². The smallest absolute Gasteiger partial charge is 0.0910 e. The minimum atomic E-state index is -0.679. The molecule has 0 saturated carbocycles. The molecule has 0 unspecified atom stereocenters. The number of hydrogen-bond donors (Lipinski definition) is 2. The van der Waals surface area contributed by atoms with Crippen molar-refractivity contribution in [3.63, 3.8) is 0 Å². The van der Waals surface area contributed by atoms with E-state index in [4.69, 9.17) is 5.73 Å². The lowest BCUT2D eigenvalue weighted by Crippen LogP contribution is -2.23. The lowest BCUT2D eigenvalue weighted by Gasteiger charge is -2.15. The summed E-state index contributed by atoms with van der Waals surface area (Å²) in [7, 11) is 0. The van der Waals surface area contributed by atoms with Crippen molar-refractivity contribution in [1.82, 2.24) is 0 Å². The summed E-state index contributed by atoms with van der Waals surface area (Å²) < 4.78 is 0. The predicted octanol–water partition coefficient (Wildman–Crippen LogP) is 1.54. The molecule has 3 N–H and O–H groups in total. The van der Waals surface area contributed by atoms with Crippen molar-refractivity contribution in [3.8, 4) is 0 Å². The van der Waals surface area contributed by atoms with Crippen molar-refractivity contribution >= 4 is 0 Å². The van der Waals surface area contributed by atoms with Crippen LogP contribution in [0.4, 0.5) is 0 Å². The minimum Gasteiger partial charge on any atom is -0.387 e. The summed E-state index contributed by atoms with van der Waals surface area (Å²) in [5.74, 6) is 0. The lowest BCUT2D eigenvalue weighted by atomic mass is 10.0. The van der Waals surface area contributed by atoms with Gasteiger partial charge in [0.1, 0.15) is 0 Å². The number of rotatable bonds is 3. The molecule has 13 heavy (non-hydrogen) atoms. The van der Waals surface area contributed by atoms with Gasteiger partial charge in [-0.3, -0.25) is 0 Å². The molecule has 0 bridgehead atoms. The summed E-state index contributed by atoms with van der Waals surface area (Å²) in [6.07, 6.45) is 0.772. The zero-order chi connectivity index (χ0) is 9.84. The van der Waals surface area contributed by atoms with Crippen LogP contribution in [0.5, 0.6) is 0 Å². The van der Waals surface area contributed by atoms with Gasteiger partial charge in [0.25, 0.3) is 0 Å². The fourth-order valence-corrected chi connectivity index (χ4v) is 1.22. The van der Waals surface area contributed by atoms with Crippen LogP contribution in [0, 0.1) is 6.92 Å². The minimum absolute atomic E-state index is 0.377. The number of aryl methyl sites for hydroxylation is 1. The topological polar surface area (TPSA) is 46.2 Å². The molecule has 0 saturated heterocycles. The van der Waals surface area contributed by atoms with Gasteiger partial charge in [-0.05, 0) is 12.5 Å². The Hall–Kier alpha value is -1.12. The Bertz CT molecular complexity index is 296. The van der Waals surface area contributed by atoms with Crippen LogP contribution in [-0.2, 0) is 0 Å². The summed E-state index contributed by atoms with van der Waals surface area (Å²) in [5.41, 5.74) is 7.88. The second kappa shape index (κ2) is 4.21. The van der Waals surface area contributed by atoms with Crippen molar-refractivity contribution in [1.29, 1.82) is 0 Å². The Morgan fingerprint density at radius 1 is 1.54 bits per heavy atom. The summed E-state index contributed by atoms with van der Waals surface area (Å²) in [4.78, 5) is 0. The average molecular weight is 177 g/mol. The summed E-state index contributed by atoms with van der Waals surface area (Å²) in [6, 6.07) is 7.43. The standard InChI is InChI=1S/C11H15NO/c1-3-10(13)11(12)9-6-4-5-8(2)7-9/h3-7,10-11,13H,1,12H2,2H3/t10-,11+/m1/s1. The van der Waals surface area contributed by atoms with E-state index >= 15 is 0 Å². The Balaban J connectivity index is 2.88. The van der Waals surface area contributed by atoms with Crippen molar-refractivity contribution in [2.24, 2.45) is 5.73 Å². The molecule has 0 amide bonds. The highest BCUT2D eigenvalue weighted by Gasteiger charge is 2.12. The summed E-state index contributed by atoms with van der Waals surface area (Å²) in [5, 5.41) is 9.43. The molecule has 1 aromatic carbocycles. The first-order valence-corrected chi connectivity index (χ1v) is 4.28. The third kappa shape index (κ3) is 2.41. The average Bonchev–Trinajstić information content (AvgIpc) is 2.15. The van der Waals surface area contributed by atoms with Gasteiger partial charge in [-0.1, -0.05) is 35.9 Å². The van der Waals surface area contributed by atoms with Crippen LogP contribution < -0.4 is 5.73 Å². The van der Waals surface area contributed by atoms with Crippen molar-refractivity contribution in [2.45, 2.75) is 19.1 Å². The fourth-order valence-electron chi connectivity index (χ4n) is 1.22. The molecule has 0 radical (unpaired) electrons. The fraction of sp³-hybridized carbons (Fsp3) is 0.273. The van der Waals surface area contributed by atoms with Crippen LogP contribution >= 0.6 is 0 Å². The van der Waals surface area contributed by atoms with Crippen molar-refractivity contribution in [2.75, 3.05) is 0 Å². The quantitative estimate of drug-likeness (QED) is 0.688. The number of aliphatic hydroxyl groups excluding tert-OH is 1. The molecule has 1 aromatic rings. The molecule has 0 fully saturated rings. The van der Waals surface area contributed by atoms with Gasteiger partial charge >= 0.3 is 0 Å². The van der Waals surface area contributed by atoms with Gasteiger partial charge in [-0.25, -0.2) is 0 Å². The Morgan fingerprint density at radius 2 is 2.23 bits per heavy atom. The third-order valence-electron chi connectivity index (χ3n) is 2.04. The molecule has 0 aliphatic carbocycles. The first-order valence-electron chi connectivity index (χ1n) is 4.28. The molecule has 0 heterocycles. The van der Waals surface area contributed by atoms with Gasteiger partial charge in [0, 0.05) is 0 Å². The van der Waals surface area contributed by atoms with E-state index in [0.29, 0.717) is 0 Å². The van der Waals surface area contributed by atoms with E-state index in [9.17, 15) is 5.11 Å². The van der Waals surface area contributed by atoms with Crippen LogP contribution in [0.1, 0.15) is 17.2 Å². The normalized spacial score (nSPS) is 15.0. The maximum absolute atomic E-state index is 9.43. The van der Waals surface area contributed by atoms with Crippen LogP contribution in [0.25, 0.3) is 0 Å². The maximum Gasteiger partial charge on any atom is 0.0910 e. The van der Waals surface area contributed by atoms with Gasteiger partial charge in [-0.15, -0.1) is 6.58 Å². The summed E-state index contributed by atoms with van der Waals surface area (Å²) >= 11 is 0. The molecule has 2 nitrogen and oxygen atoms in total. The molecular formula is C11H15NO. The second-order valence-corrected chi connectivity index (χ2v) is 3.17. The van der Waals surface area contributed by atoms with E-state index in [0.717, 1.165) is 11.1 Å². The molecule has 0 spiro atoms. The summed E-state index contributed by atoms with van der Waals surface area (Å²) in [6.45, 7) is 5.50. The molecule has 2 atom stereocenters. The Labute approximate surface area is 78.7 Å². The van der Waals surface area contributed by atoms with Gasteiger partial charge in [-0.2, -0.15) is 0 Å². The molecule has 0 aromatic heterocycles. The predicted molar refractivity (Wildman–Crippen MR) is 54.3 cm³/mol. The highest BCUT2D eigenvalue weighted by molar-refractivity contribution is 5.26. The SMILES string of the molecule is C=C[C@@H](O)[C@@H](N)c1cccc(C)c1. The van der Waals surface area contributed by atoms with Crippen LogP contribution in [0.15, 0.2) is 36.9 Å². The number of hydrogen-bond acceptors (Lipinski definition) is 2. The molecular weight excluding hydrogens is 162 g/mol. The molecule has 0 aliphatic rings. The Kier molecular flexibility index (Phi) is 3.23. The molecule has 0 aliphatic heterocycles. The Morgan fingerprint density at radius 3 is 2.77 bits per heavy atom. The van der Waals surface area contributed by atoms with Crippen molar-refractivity contribution in [3.05, 3.63) is 48.0 Å². The molecule has 1 rings (SSSR count). The largest absolute Gasteiger partial charge is 0.387 e. The first kappa shape index (κ1) is 9.96. The van der Waals surface area contributed by atoms with Gasteiger partial charge in [0.15, 0.2) is 0 Å². The van der Waals surface area contributed by atoms with Gasteiger partial charge in [0.2, 0.25) is 0 Å². The molecule has 70 valence electrons. The van der Waals surface area contributed by atoms with Crippen molar-refractivity contribution < 1.29 is 5.11 Å². The van der Waals surface area contributed by atoms with E-state index in [1.54, 1.807) is 0 Å². The van der Waals surface area contributed by atoms with E-state index < -0.39 is 6.10 Å². The monoisotopic (exact) mass is 177 g/mol. The second-order valence-electron chi connectivity index (χ2n) is 3.17. The van der Waals surface area contributed by atoms with Gasteiger partial charge in [0.05, 0.1) is 12.1 Å². The first-order chi connectivity index (χ1) is 6.15. The van der Waals surface area contributed by atoms with E-state index in [-0.39, 0.29) is 6.04 Å². The van der Waals surface area contributed by atoms with Crippen LogP contribution in [0.2, 0.25) is 0 Å². The lowest BCUT2D eigenvalue weighted by molar-refractivity contribution is 0.192. The third-order valence-corrected chi connectivity index (χ3v) is 2.04. The zero-order valence-electron chi connectivity index (χ0n) is 7.77. The number of benzene rings is 1. The molecule has 2 heteroatoms. The number of nitrogens with two attached hydrogens (primary N) is 1. The van der Waals surface area contributed by atoms with Gasteiger partial charge < -0.3 is 10.8 Å². The van der Waals surface area contributed by atoms with Crippen LogP contribution in [0.3, 0.4) is 0 Å². The highest BCUT2D eigenvalue weighted by Crippen LogP contribution is 2.15. The maximum atomic E-state index is 9.43. The van der Waals surface area contributed by atoms with E-state index in [1.165, 1.54) is 6.08 Å². The van der Waals surface area contributed by atoms with E-state index in [1.807, 2.05) is 31.2 Å². The number of aliphatic hydroxyl groups is 1.